The minimum Gasteiger partial charge on any atom is -0.494 e. The van der Waals surface area contributed by atoms with Gasteiger partial charge in [0.05, 0.1) is 29.9 Å². The lowest BCUT2D eigenvalue weighted by atomic mass is 9.89. The number of carbonyl (C=O) groups excluding carboxylic acids is 1. The smallest absolute Gasteiger partial charge is 0.343 e. The second-order valence-electron chi connectivity index (χ2n) is 13.3. The highest BCUT2D eigenvalue weighted by Crippen LogP contribution is 2.51. The van der Waals surface area contributed by atoms with Crippen molar-refractivity contribution in [2.45, 2.75) is 122 Å². The standard InChI is InChI=1S/C40H53FNO5/c1-5-7-9-11-13-15-29-46-35-24-25-36(37(41)30-35)40(4)27-26-39(3,42(40)44)32-18-22-34(23-19-32)47-38(43)31-16-20-33(21-17-31)45-28-14-12-10-8-6-2/h16-25,30H,5-15,26-29H2,1-4H3/t39-,40-/m0/s1. The van der Waals surface area contributed by atoms with Gasteiger partial charge in [-0.2, -0.15) is 0 Å². The van der Waals surface area contributed by atoms with E-state index < -0.39 is 22.9 Å². The third kappa shape index (κ3) is 9.57. The van der Waals surface area contributed by atoms with E-state index in [-0.39, 0.29) is 0 Å². The number of halogens is 1. The van der Waals surface area contributed by atoms with Crippen LogP contribution in [-0.4, -0.2) is 24.2 Å². The first-order valence-corrected chi connectivity index (χ1v) is 17.7. The average Bonchev–Trinajstić information content (AvgIpc) is 3.32. The maximum absolute atomic E-state index is 15.4. The molecule has 0 spiro atoms. The van der Waals surface area contributed by atoms with Crippen LogP contribution >= 0.6 is 0 Å². The first kappa shape index (κ1) is 36.4. The molecule has 0 aliphatic carbocycles. The molecule has 0 saturated carbocycles. The minimum atomic E-state index is -1.04. The Balaban J connectivity index is 1.31. The summed E-state index contributed by atoms with van der Waals surface area (Å²) in [6.45, 7) is 9.31. The van der Waals surface area contributed by atoms with E-state index in [2.05, 4.69) is 13.8 Å². The third-order valence-corrected chi connectivity index (χ3v) is 9.58. The van der Waals surface area contributed by atoms with Crippen LogP contribution < -0.4 is 14.2 Å². The van der Waals surface area contributed by atoms with Gasteiger partial charge < -0.3 is 14.2 Å². The third-order valence-electron chi connectivity index (χ3n) is 9.58. The zero-order valence-corrected chi connectivity index (χ0v) is 28.8. The molecule has 0 amide bonds. The number of benzene rings is 3. The Morgan fingerprint density at radius 2 is 1.19 bits per heavy atom. The highest BCUT2D eigenvalue weighted by atomic mass is 19.1. The molecule has 255 valence electrons. The minimum absolute atomic E-state index is 0.372. The first-order valence-electron chi connectivity index (χ1n) is 17.7. The molecule has 1 heterocycles. The molecule has 1 radical (unpaired) electrons. The number of ether oxygens (including phenoxy) is 3. The van der Waals surface area contributed by atoms with E-state index in [1.54, 1.807) is 55.5 Å². The van der Waals surface area contributed by atoms with E-state index in [9.17, 15) is 10.0 Å². The van der Waals surface area contributed by atoms with E-state index in [1.807, 2.05) is 19.1 Å². The number of carbonyl (C=O) groups is 1. The van der Waals surface area contributed by atoms with E-state index in [0.717, 1.165) is 42.1 Å². The van der Waals surface area contributed by atoms with Crippen LogP contribution in [0.4, 0.5) is 4.39 Å². The summed E-state index contributed by atoms with van der Waals surface area (Å²) >= 11 is 0. The normalized spacial score (nSPS) is 19.5. The Hall–Kier alpha value is -3.42. The predicted molar refractivity (Wildman–Crippen MR) is 184 cm³/mol. The molecule has 3 aromatic rings. The Bertz CT molecular complexity index is 1390. The van der Waals surface area contributed by atoms with Crippen LogP contribution in [0.15, 0.2) is 66.7 Å². The van der Waals surface area contributed by atoms with Gasteiger partial charge in [-0.1, -0.05) is 89.8 Å². The average molecular weight is 647 g/mol. The molecular weight excluding hydrogens is 593 g/mol. The molecule has 47 heavy (non-hydrogen) atoms. The van der Waals surface area contributed by atoms with Crippen molar-refractivity contribution in [1.29, 1.82) is 0 Å². The van der Waals surface area contributed by atoms with E-state index in [4.69, 9.17) is 14.2 Å². The topological polar surface area (TPSA) is 67.9 Å². The van der Waals surface area contributed by atoms with Gasteiger partial charge in [-0.25, -0.2) is 9.18 Å². The van der Waals surface area contributed by atoms with Crippen molar-refractivity contribution in [3.8, 4) is 17.2 Å². The Morgan fingerprint density at radius 1 is 0.681 bits per heavy atom. The zero-order chi connectivity index (χ0) is 33.7. The van der Waals surface area contributed by atoms with Crippen LogP contribution in [0.25, 0.3) is 0 Å². The van der Waals surface area contributed by atoms with Gasteiger partial charge in [-0.05, 0) is 87.6 Å². The number of hydrogen-bond donors (Lipinski definition) is 0. The molecule has 3 aromatic carbocycles. The molecule has 0 aromatic heterocycles. The second kappa shape index (κ2) is 17.7. The molecule has 6 nitrogen and oxygen atoms in total. The summed E-state index contributed by atoms with van der Waals surface area (Å²) in [6.07, 6.45) is 13.9. The van der Waals surface area contributed by atoms with Gasteiger partial charge in [-0.15, -0.1) is 10.3 Å². The van der Waals surface area contributed by atoms with Crippen molar-refractivity contribution < 1.29 is 28.6 Å². The lowest BCUT2D eigenvalue weighted by Gasteiger charge is -2.37. The number of rotatable bonds is 19. The van der Waals surface area contributed by atoms with Crippen molar-refractivity contribution in [3.63, 3.8) is 0 Å². The highest BCUT2D eigenvalue weighted by molar-refractivity contribution is 5.91. The van der Waals surface area contributed by atoms with E-state index >= 15 is 4.39 Å². The SMILES string of the molecule is CCCCCCCCOc1ccc([C@]2(C)CC[C@@](C)(c3ccc(OC(=O)c4ccc(OCCCCCCC)cc4)cc3)N2[O])c(F)c1. The summed E-state index contributed by atoms with van der Waals surface area (Å²) in [4.78, 5) is 12.8. The predicted octanol–water partition coefficient (Wildman–Crippen LogP) is 10.7. The fourth-order valence-corrected chi connectivity index (χ4v) is 6.47. The van der Waals surface area contributed by atoms with Gasteiger partial charge in [0.1, 0.15) is 23.1 Å². The monoisotopic (exact) mass is 646 g/mol. The van der Waals surface area contributed by atoms with Crippen molar-refractivity contribution in [2.75, 3.05) is 13.2 Å². The van der Waals surface area contributed by atoms with Crippen LogP contribution in [0.2, 0.25) is 0 Å². The van der Waals surface area contributed by atoms with Crippen LogP contribution in [0, 0.1) is 5.82 Å². The van der Waals surface area contributed by atoms with Gasteiger partial charge >= 0.3 is 5.97 Å². The van der Waals surface area contributed by atoms with Crippen molar-refractivity contribution in [1.82, 2.24) is 5.06 Å². The number of nitrogens with zero attached hydrogens (tertiary/aromatic N) is 1. The molecule has 1 aliphatic heterocycles. The van der Waals surface area contributed by atoms with Crippen LogP contribution in [-0.2, 0) is 16.3 Å². The highest BCUT2D eigenvalue weighted by Gasteiger charge is 2.53. The fourth-order valence-electron chi connectivity index (χ4n) is 6.47. The largest absolute Gasteiger partial charge is 0.494 e. The van der Waals surface area contributed by atoms with Crippen molar-refractivity contribution in [2.24, 2.45) is 0 Å². The Kier molecular flexibility index (Phi) is 13.7. The summed E-state index contributed by atoms with van der Waals surface area (Å²) in [5.41, 5.74) is -0.326. The Labute approximate surface area is 281 Å². The maximum Gasteiger partial charge on any atom is 0.343 e. The summed E-state index contributed by atoms with van der Waals surface area (Å²) in [6, 6.07) is 18.9. The van der Waals surface area contributed by atoms with Crippen molar-refractivity contribution >= 4 is 5.97 Å². The summed E-state index contributed by atoms with van der Waals surface area (Å²) in [5, 5.41) is 15.0. The maximum atomic E-state index is 15.4. The molecule has 0 unspecified atom stereocenters. The van der Waals surface area contributed by atoms with Gasteiger partial charge in [0.25, 0.3) is 0 Å². The van der Waals surface area contributed by atoms with Gasteiger partial charge in [0, 0.05) is 11.6 Å². The van der Waals surface area contributed by atoms with Crippen LogP contribution in [0.5, 0.6) is 17.2 Å². The quantitative estimate of drug-likeness (QED) is 0.0736. The lowest BCUT2D eigenvalue weighted by molar-refractivity contribution is -0.261. The van der Waals surface area contributed by atoms with E-state index in [0.29, 0.717) is 48.7 Å². The molecular formula is C40H53FNO5. The molecule has 1 saturated heterocycles. The van der Waals surface area contributed by atoms with Gasteiger partial charge in [0.15, 0.2) is 0 Å². The summed E-state index contributed by atoms with van der Waals surface area (Å²) in [7, 11) is 0. The van der Waals surface area contributed by atoms with Crippen molar-refractivity contribution in [3.05, 3.63) is 89.2 Å². The van der Waals surface area contributed by atoms with Gasteiger partial charge in [-0.3, -0.25) is 0 Å². The Morgan fingerprint density at radius 3 is 1.79 bits per heavy atom. The molecule has 1 fully saturated rings. The molecule has 2 atom stereocenters. The number of unbranched alkanes of at least 4 members (excludes halogenated alkanes) is 9. The molecule has 0 N–H and O–H groups in total. The van der Waals surface area contributed by atoms with Gasteiger partial charge in [0.2, 0.25) is 0 Å². The number of hydrogen-bond acceptors (Lipinski definition) is 5. The summed E-state index contributed by atoms with van der Waals surface area (Å²) in [5.74, 6) is 0.707. The van der Waals surface area contributed by atoms with E-state index in [1.165, 1.54) is 51.0 Å². The van der Waals surface area contributed by atoms with Crippen LogP contribution in [0.1, 0.15) is 133 Å². The lowest BCUT2D eigenvalue weighted by Crippen LogP contribution is -2.45. The molecule has 4 rings (SSSR count). The summed E-state index contributed by atoms with van der Waals surface area (Å²) < 4.78 is 32.7. The number of hydroxylamine groups is 2. The molecule has 7 heteroatoms. The molecule has 0 bridgehead atoms. The second-order valence-corrected chi connectivity index (χ2v) is 13.3. The fraction of sp³-hybridized carbons (Fsp3) is 0.525. The van der Waals surface area contributed by atoms with Crippen LogP contribution in [0.3, 0.4) is 0 Å². The zero-order valence-electron chi connectivity index (χ0n) is 28.8. The first-order chi connectivity index (χ1) is 22.7. The molecule has 1 aliphatic rings. The number of esters is 1.